The largest absolute Gasteiger partial charge is 0.293 e. The number of Topliss-reactive ketones (excluding diaryl/α,β-unsaturated/α-hetero) is 1. The lowest BCUT2D eigenvalue weighted by atomic mass is 10.1. The Morgan fingerprint density at radius 3 is 2.68 bits per heavy atom. The third kappa shape index (κ3) is 3.93. The monoisotopic (exact) mass is 274 g/mol. The Bertz CT molecular complexity index is 580. The molecule has 98 valence electrons. The molecule has 0 atom stereocenters. The van der Waals surface area contributed by atoms with Crippen molar-refractivity contribution in [3.63, 3.8) is 0 Å². The first-order valence-electron chi connectivity index (χ1n) is 6.19. The molecule has 0 unspecified atom stereocenters. The number of ketones is 1. The Kier molecular flexibility index (Phi) is 4.74. The van der Waals surface area contributed by atoms with Crippen LogP contribution < -0.4 is 0 Å². The van der Waals surface area contributed by atoms with Crippen molar-refractivity contribution in [3.8, 4) is 0 Å². The van der Waals surface area contributed by atoms with Crippen LogP contribution >= 0.6 is 11.8 Å². The minimum absolute atomic E-state index is 0.0737. The van der Waals surface area contributed by atoms with Gasteiger partial charge in [0.2, 0.25) is 0 Å². The normalized spacial score (nSPS) is 10.4. The summed E-state index contributed by atoms with van der Waals surface area (Å²) < 4.78 is 13.0. The van der Waals surface area contributed by atoms with Crippen molar-refractivity contribution in [2.45, 2.75) is 18.2 Å². The Labute approximate surface area is 116 Å². The molecule has 3 heteroatoms. The maximum absolute atomic E-state index is 13.0. The lowest BCUT2D eigenvalue weighted by Crippen LogP contribution is -2.02. The maximum Gasteiger partial charge on any atom is 0.173 e. The molecule has 0 amide bonds. The van der Waals surface area contributed by atoms with Gasteiger partial charge in [-0.25, -0.2) is 4.39 Å². The highest BCUT2D eigenvalue weighted by molar-refractivity contribution is 8.00. The summed E-state index contributed by atoms with van der Waals surface area (Å²) in [6.07, 6.45) is 0.915. The molecule has 0 saturated heterocycles. The number of aryl methyl sites for hydroxylation is 1. The second-order valence-corrected chi connectivity index (χ2v) is 5.27. The predicted molar refractivity (Wildman–Crippen MR) is 77.3 cm³/mol. The van der Waals surface area contributed by atoms with Crippen molar-refractivity contribution in [2.75, 3.05) is 5.75 Å². The van der Waals surface area contributed by atoms with E-state index in [1.807, 2.05) is 30.3 Å². The van der Waals surface area contributed by atoms with E-state index in [4.69, 9.17) is 0 Å². The van der Waals surface area contributed by atoms with Crippen molar-refractivity contribution in [2.24, 2.45) is 0 Å². The molecule has 0 heterocycles. The molecule has 2 aromatic rings. The first-order chi connectivity index (χ1) is 9.19. The molecule has 0 N–H and O–H groups in total. The van der Waals surface area contributed by atoms with Crippen LogP contribution in [0.4, 0.5) is 4.39 Å². The molecule has 0 aliphatic carbocycles. The molecule has 0 aliphatic rings. The number of rotatable bonds is 5. The summed E-state index contributed by atoms with van der Waals surface area (Å²) in [5.74, 6) is 0.131. The lowest BCUT2D eigenvalue weighted by Gasteiger charge is -2.04. The van der Waals surface area contributed by atoms with Crippen LogP contribution in [-0.2, 0) is 6.42 Å². The number of hydrogen-bond acceptors (Lipinski definition) is 2. The zero-order valence-electron chi connectivity index (χ0n) is 10.7. The number of carbonyl (C=O) groups is 1. The average Bonchev–Trinajstić information content (AvgIpc) is 2.45. The van der Waals surface area contributed by atoms with Gasteiger partial charge in [-0.3, -0.25) is 4.79 Å². The molecule has 0 saturated carbocycles. The molecular weight excluding hydrogens is 259 g/mol. The van der Waals surface area contributed by atoms with Gasteiger partial charge in [-0.2, -0.15) is 0 Å². The van der Waals surface area contributed by atoms with Crippen molar-refractivity contribution in [1.82, 2.24) is 0 Å². The van der Waals surface area contributed by atoms with E-state index in [0.717, 1.165) is 22.4 Å². The van der Waals surface area contributed by atoms with Crippen LogP contribution in [0.5, 0.6) is 0 Å². The highest BCUT2D eigenvalue weighted by Crippen LogP contribution is 2.20. The first-order valence-corrected chi connectivity index (χ1v) is 7.18. The highest BCUT2D eigenvalue weighted by Gasteiger charge is 2.07. The quantitative estimate of drug-likeness (QED) is 0.595. The van der Waals surface area contributed by atoms with Crippen LogP contribution in [0.1, 0.15) is 22.8 Å². The number of benzene rings is 2. The summed E-state index contributed by atoms with van der Waals surface area (Å²) in [4.78, 5) is 12.8. The summed E-state index contributed by atoms with van der Waals surface area (Å²) in [6.45, 7) is 2.06. The Morgan fingerprint density at radius 2 is 1.95 bits per heavy atom. The van der Waals surface area contributed by atoms with Crippen LogP contribution in [0, 0.1) is 5.82 Å². The SMILES string of the molecule is CCc1cccc(C(=O)CSc2cccc(F)c2)c1. The number of carbonyl (C=O) groups excluding carboxylic acids is 1. The summed E-state index contributed by atoms with van der Waals surface area (Å²) in [5.41, 5.74) is 1.88. The molecule has 0 fully saturated rings. The second-order valence-electron chi connectivity index (χ2n) is 4.22. The van der Waals surface area contributed by atoms with E-state index >= 15 is 0 Å². The van der Waals surface area contributed by atoms with Gasteiger partial charge in [0.25, 0.3) is 0 Å². The van der Waals surface area contributed by atoms with Crippen LogP contribution in [0.15, 0.2) is 53.4 Å². The van der Waals surface area contributed by atoms with Gasteiger partial charge in [-0.05, 0) is 36.2 Å². The van der Waals surface area contributed by atoms with E-state index < -0.39 is 0 Å². The third-order valence-corrected chi connectivity index (χ3v) is 3.82. The van der Waals surface area contributed by atoms with E-state index in [1.165, 1.54) is 23.9 Å². The lowest BCUT2D eigenvalue weighted by molar-refractivity contribution is 0.102. The third-order valence-electron chi connectivity index (χ3n) is 2.82. The maximum atomic E-state index is 13.0. The van der Waals surface area contributed by atoms with E-state index in [2.05, 4.69) is 6.92 Å². The van der Waals surface area contributed by atoms with Crippen molar-refractivity contribution in [1.29, 1.82) is 0 Å². The van der Waals surface area contributed by atoms with Gasteiger partial charge in [-0.1, -0.05) is 31.2 Å². The molecule has 0 radical (unpaired) electrons. The Morgan fingerprint density at radius 1 is 1.16 bits per heavy atom. The molecule has 2 rings (SSSR count). The van der Waals surface area contributed by atoms with E-state index in [1.54, 1.807) is 6.07 Å². The summed E-state index contributed by atoms with van der Waals surface area (Å²) in [6, 6.07) is 14.0. The fourth-order valence-electron chi connectivity index (χ4n) is 1.75. The zero-order valence-corrected chi connectivity index (χ0v) is 11.5. The first kappa shape index (κ1) is 13.8. The molecule has 2 aromatic carbocycles. The molecule has 0 aliphatic heterocycles. The van der Waals surface area contributed by atoms with Crippen LogP contribution in [-0.4, -0.2) is 11.5 Å². The predicted octanol–water partition coefficient (Wildman–Crippen LogP) is 4.36. The van der Waals surface area contributed by atoms with Gasteiger partial charge in [0.1, 0.15) is 5.82 Å². The molecule has 1 nitrogen and oxygen atoms in total. The van der Waals surface area contributed by atoms with E-state index in [9.17, 15) is 9.18 Å². The van der Waals surface area contributed by atoms with Crippen LogP contribution in [0.3, 0.4) is 0 Å². The van der Waals surface area contributed by atoms with Crippen LogP contribution in [0.2, 0.25) is 0 Å². The Hall–Kier alpha value is -1.61. The fourth-order valence-corrected chi connectivity index (χ4v) is 2.59. The summed E-state index contributed by atoms with van der Waals surface area (Å²) in [5, 5.41) is 0. The summed E-state index contributed by atoms with van der Waals surface area (Å²) >= 11 is 1.36. The van der Waals surface area contributed by atoms with Gasteiger partial charge in [0, 0.05) is 10.5 Å². The molecule has 0 spiro atoms. The standard InChI is InChI=1S/C16H15FOS/c1-2-12-5-3-6-13(9-12)16(18)11-19-15-8-4-7-14(17)10-15/h3-10H,2,11H2,1H3. The fraction of sp³-hybridized carbons (Fsp3) is 0.188. The van der Waals surface area contributed by atoms with E-state index in [-0.39, 0.29) is 11.6 Å². The number of thioether (sulfide) groups is 1. The molecular formula is C16H15FOS. The van der Waals surface area contributed by atoms with E-state index in [0.29, 0.717) is 5.75 Å². The van der Waals surface area contributed by atoms with Gasteiger partial charge in [0.15, 0.2) is 5.78 Å². The molecule has 0 aromatic heterocycles. The van der Waals surface area contributed by atoms with Crippen LogP contribution in [0.25, 0.3) is 0 Å². The van der Waals surface area contributed by atoms with Crippen molar-refractivity contribution >= 4 is 17.5 Å². The van der Waals surface area contributed by atoms with Gasteiger partial charge in [0.05, 0.1) is 5.75 Å². The minimum Gasteiger partial charge on any atom is -0.293 e. The van der Waals surface area contributed by atoms with Crippen molar-refractivity contribution < 1.29 is 9.18 Å². The van der Waals surface area contributed by atoms with Gasteiger partial charge >= 0.3 is 0 Å². The minimum atomic E-state index is -0.273. The number of halogens is 1. The summed E-state index contributed by atoms with van der Waals surface area (Å²) in [7, 11) is 0. The smallest absolute Gasteiger partial charge is 0.173 e. The van der Waals surface area contributed by atoms with Gasteiger partial charge in [-0.15, -0.1) is 11.8 Å². The molecule has 0 bridgehead atoms. The van der Waals surface area contributed by atoms with Crippen molar-refractivity contribution in [3.05, 3.63) is 65.5 Å². The zero-order chi connectivity index (χ0) is 13.7. The topological polar surface area (TPSA) is 17.1 Å². The van der Waals surface area contributed by atoms with Gasteiger partial charge < -0.3 is 0 Å². The second kappa shape index (κ2) is 6.53. The Balaban J connectivity index is 2.01. The highest BCUT2D eigenvalue weighted by atomic mass is 32.2. The number of hydrogen-bond donors (Lipinski definition) is 0. The molecule has 19 heavy (non-hydrogen) atoms. The average molecular weight is 274 g/mol.